The van der Waals surface area contributed by atoms with Gasteiger partial charge in [0.1, 0.15) is 12.4 Å². The second-order valence-electron chi connectivity index (χ2n) is 7.44. The van der Waals surface area contributed by atoms with E-state index in [9.17, 15) is 4.79 Å². The molecule has 0 fully saturated rings. The van der Waals surface area contributed by atoms with E-state index < -0.39 is 0 Å². The van der Waals surface area contributed by atoms with Crippen LogP contribution in [-0.4, -0.2) is 17.4 Å². The van der Waals surface area contributed by atoms with E-state index in [0.29, 0.717) is 11.6 Å². The number of carbonyl (C=O) groups is 1. The molecule has 1 amide bonds. The highest BCUT2D eigenvalue weighted by Gasteiger charge is 2.13. The first kappa shape index (κ1) is 22.9. The van der Waals surface area contributed by atoms with Crippen molar-refractivity contribution in [3.05, 3.63) is 107 Å². The zero-order chi connectivity index (χ0) is 23.0. The van der Waals surface area contributed by atoms with Crippen molar-refractivity contribution in [3.63, 3.8) is 0 Å². The molecule has 4 aromatic rings. The number of hydrogen-bond donors (Lipinski definition) is 1. The lowest BCUT2D eigenvalue weighted by Crippen LogP contribution is -2.26. The fourth-order valence-corrected chi connectivity index (χ4v) is 4.25. The van der Waals surface area contributed by atoms with Gasteiger partial charge in [-0.05, 0) is 77.4 Å². The van der Waals surface area contributed by atoms with E-state index in [-0.39, 0.29) is 11.2 Å². The van der Waals surface area contributed by atoms with Crippen LogP contribution in [0.4, 0.5) is 0 Å². The van der Waals surface area contributed by atoms with Gasteiger partial charge >= 0.3 is 0 Å². The molecule has 0 saturated carbocycles. The number of rotatable bonds is 8. The highest BCUT2D eigenvalue weighted by atomic mass is 35.5. The monoisotopic (exact) mass is 474 g/mol. The minimum absolute atomic E-state index is 0.166. The molecular weight excluding hydrogens is 452 g/mol. The van der Waals surface area contributed by atoms with Gasteiger partial charge in [0.05, 0.1) is 11.5 Å². The van der Waals surface area contributed by atoms with Crippen LogP contribution >= 0.6 is 23.4 Å². The summed E-state index contributed by atoms with van der Waals surface area (Å²) in [6.45, 7) is 2.33. The van der Waals surface area contributed by atoms with E-state index in [1.807, 2.05) is 73.7 Å². The molecule has 33 heavy (non-hydrogen) atoms. The number of thioether (sulfide) groups is 1. The number of nitrogens with zero attached hydrogens (tertiary/aromatic N) is 1. The molecule has 0 bridgehead atoms. The summed E-state index contributed by atoms with van der Waals surface area (Å²) >= 11 is 7.35. The van der Waals surface area contributed by atoms with Gasteiger partial charge in [-0.15, -0.1) is 11.8 Å². The number of benzene rings is 4. The summed E-state index contributed by atoms with van der Waals surface area (Å²) in [7, 11) is 0. The predicted molar refractivity (Wildman–Crippen MR) is 137 cm³/mol. The highest BCUT2D eigenvalue weighted by Crippen LogP contribution is 2.25. The number of halogens is 1. The maximum absolute atomic E-state index is 12.3. The third-order valence-corrected chi connectivity index (χ3v) is 6.40. The number of carbonyl (C=O) groups excluding carboxylic acids is 1. The summed E-state index contributed by atoms with van der Waals surface area (Å²) in [5, 5.41) is 6.86. The van der Waals surface area contributed by atoms with Crippen LogP contribution in [0.2, 0.25) is 5.02 Å². The Balaban J connectivity index is 1.28. The molecule has 0 aromatic heterocycles. The molecule has 0 heterocycles. The van der Waals surface area contributed by atoms with Gasteiger partial charge in [-0.1, -0.05) is 54.1 Å². The quantitative estimate of drug-likeness (QED) is 0.175. The van der Waals surface area contributed by atoms with Crippen molar-refractivity contribution < 1.29 is 9.53 Å². The fraction of sp³-hybridized carbons (Fsp3) is 0.111. The summed E-state index contributed by atoms with van der Waals surface area (Å²) in [6.07, 6.45) is 1.62. The predicted octanol–water partition coefficient (Wildman–Crippen LogP) is 6.70. The Hall–Kier alpha value is -3.28. The zero-order valence-corrected chi connectivity index (χ0v) is 19.6. The van der Waals surface area contributed by atoms with Crippen molar-refractivity contribution in [2.75, 3.05) is 0 Å². The van der Waals surface area contributed by atoms with Gasteiger partial charge in [0, 0.05) is 9.92 Å². The molecule has 1 N–H and O–H groups in total. The van der Waals surface area contributed by atoms with Gasteiger partial charge in [-0.3, -0.25) is 4.79 Å². The number of fused-ring (bicyclic) bond motifs is 1. The molecule has 0 spiro atoms. The first-order valence-electron chi connectivity index (χ1n) is 10.5. The lowest BCUT2D eigenvalue weighted by Gasteiger charge is -2.10. The van der Waals surface area contributed by atoms with E-state index in [4.69, 9.17) is 16.3 Å². The van der Waals surface area contributed by atoms with Crippen molar-refractivity contribution in [1.82, 2.24) is 5.43 Å². The van der Waals surface area contributed by atoms with Gasteiger partial charge < -0.3 is 4.74 Å². The summed E-state index contributed by atoms with van der Waals surface area (Å²) < 4.78 is 5.97. The zero-order valence-electron chi connectivity index (χ0n) is 18.1. The second kappa shape index (κ2) is 11.0. The Kier molecular flexibility index (Phi) is 7.66. The van der Waals surface area contributed by atoms with Crippen molar-refractivity contribution in [2.24, 2.45) is 5.10 Å². The smallest absolute Gasteiger partial charge is 0.253 e. The molecule has 4 nitrogen and oxygen atoms in total. The molecule has 0 aliphatic carbocycles. The van der Waals surface area contributed by atoms with E-state index in [2.05, 4.69) is 34.8 Å². The molecule has 6 heteroatoms. The Morgan fingerprint density at radius 2 is 1.73 bits per heavy atom. The van der Waals surface area contributed by atoms with Crippen LogP contribution < -0.4 is 10.2 Å². The standard InChI is InChI=1S/C27H23ClN2O2S/c1-19(33-25-15-11-23(28)12-16-25)27(31)30-29-17-20-9-13-24(14-10-20)32-18-22-7-4-6-21-5-2-3-8-26(21)22/h2-17,19H,18H2,1H3,(H,30,31)/b29-17+. The highest BCUT2D eigenvalue weighted by molar-refractivity contribution is 8.00. The number of hydrogen-bond acceptors (Lipinski definition) is 4. The maximum atomic E-state index is 12.3. The molecule has 0 saturated heterocycles. The number of amides is 1. The van der Waals surface area contributed by atoms with Gasteiger partial charge in [0.25, 0.3) is 5.91 Å². The largest absolute Gasteiger partial charge is 0.489 e. The SMILES string of the molecule is CC(Sc1ccc(Cl)cc1)C(=O)N/N=C/c1ccc(OCc2cccc3ccccc23)cc1. The average Bonchev–Trinajstić information content (AvgIpc) is 2.85. The molecule has 166 valence electrons. The van der Waals surface area contributed by atoms with Crippen LogP contribution in [0.3, 0.4) is 0 Å². The van der Waals surface area contributed by atoms with Crippen molar-refractivity contribution in [3.8, 4) is 5.75 Å². The van der Waals surface area contributed by atoms with Crippen molar-refractivity contribution in [1.29, 1.82) is 0 Å². The van der Waals surface area contributed by atoms with Crippen molar-refractivity contribution >= 4 is 46.3 Å². The first-order valence-corrected chi connectivity index (χ1v) is 11.8. The Morgan fingerprint density at radius 3 is 2.52 bits per heavy atom. The Morgan fingerprint density at radius 1 is 1.00 bits per heavy atom. The van der Waals surface area contributed by atoms with Gasteiger partial charge in [-0.25, -0.2) is 5.43 Å². The summed E-state index contributed by atoms with van der Waals surface area (Å²) in [4.78, 5) is 13.3. The van der Waals surface area contributed by atoms with Gasteiger partial charge in [0.15, 0.2) is 0 Å². The molecule has 4 aromatic carbocycles. The number of nitrogens with one attached hydrogen (secondary N) is 1. The molecule has 0 aliphatic rings. The van der Waals surface area contributed by atoms with Gasteiger partial charge in [-0.2, -0.15) is 5.10 Å². The summed E-state index contributed by atoms with van der Waals surface area (Å²) in [5.41, 5.74) is 4.61. The molecule has 0 aliphatic heterocycles. The normalized spacial score (nSPS) is 12.1. The van der Waals surface area contributed by atoms with Crippen LogP contribution in [0.5, 0.6) is 5.75 Å². The van der Waals surface area contributed by atoms with Crippen LogP contribution in [0.25, 0.3) is 10.8 Å². The molecule has 4 rings (SSSR count). The lowest BCUT2D eigenvalue weighted by atomic mass is 10.1. The summed E-state index contributed by atoms with van der Waals surface area (Å²) in [5.74, 6) is 0.610. The first-order chi connectivity index (χ1) is 16.1. The summed E-state index contributed by atoms with van der Waals surface area (Å²) in [6, 6.07) is 29.5. The molecular formula is C27H23ClN2O2S. The third-order valence-electron chi connectivity index (χ3n) is 5.04. The third kappa shape index (κ3) is 6.37. The van der Waals surface area contributed by atoms with E-state index >= 15 is 0 Å². The maximum Gasteiger partial charge on any atom is 0.253 e. The van der Waals surface area contributed by atoms with E-state index in [1.165, 1.54) is 22.5 Å². The fourth-order valence-electron chi connectivity index (χ4n) is 3.26. The minimum atomic E-state index is -0.284. The second-order valence-corrected chi connectivity index (χ2v) is 9.29. The van der Waals surface area contributed by atoms with Crippen LogP contribution in [0, 0.1) is 0 Å². The van der Waals surface area contributed by atoms with Crippen LogP contribution in [0.15, 0.2) is 101 Å². The topological polar surface area (TPSA) is 50.7 Å². The van der Waals surface area contributed by atoms with E-state index in [0.717, 1.165) is 21.8 Å². The Bertz CT molecular complexity index is 1250. The van der Waals surface area contributed by atoms with E-state index in [1.54, 1.807) is 6.21 Å². The lowest BCUT2D eigenvalue weighted by molar-refractivity contribution is -0.120. The minimum Gasteiger partial charge on any atom is -0.489 e. The van der Waals surface area contributed by atoms with Gasteiger partial charge in [0.2, 0.25) is 0 Å². The number of ether oxygens (including phenoxy) is 1. The molecule has 1 atom stereocenters. The van der Waals surface area contributed by atoms with Crippen LogP contribution in [0.1, 0.15) is 18.1 Å². The molecule has 0 radical (unpaired) electrons. The average molecular weight is 475 g/mol. The molecule has 1 unspecified atom stereocenters. The number of hydrazone groups is 1. The van der Waals surface area contributed by atoms with Crippen molar-refractivity contribution in [2.45, 2.75) is 23.7 Å². The Labute approximate surface area is 202 Å². The van der Waals surface area contributed by atoms with Crippen LogP contribution in [-0.2, 0) is 11.4 Å².